The van der Waals surface area contributed by atoms with Crippen molar-refractivity contribution in [2.75, 3.05) is 6.61 Å². The molecule has 92 valence electrons. The van der Waals surface area contributed by atoms with E-state index in [1.54, 1.807) is 0 Å². The van der Waals surface area contributed by atoms with Crippen LogP contribution in [0.3, 0.4) is 0 Å². The van der Waals surface area contributed by atoms with Gasteiger partial charge in [-0.25, -0.2) is 0 Å². The minimum absolute atomic E-state index is 0.0239. The lowest BCUT2D eigenvalue weighted by Gasteiger charge is -2.26. The maximum absolute atomic E-state index is 11.9. The molecule has 2 heterocycles. The normalized spacial score (nSPS) is 17.7. The zero-order chi connectivity index (χ0) is 12.4. The van der Waals surface area contributed by atoms with Crippen LogP contribution in [0.25, 0.3) is 0 Å². The molecule has 1 amide bonds. The number of nitrogens with one attached hydrogen (secondary N) is 1. The van der Waals surface area contributed by atoms with E-state index >= 15 is 0 Å². The van der Waals surface area contributed by atoms with Crippen LogP contribution in [-0.2, 0) is 0 Å². The standard InChI is InChI=1S/C12H11N3O2S/c16-12(10-7-13-18-15-10)14-9-5-6-17-11-4-2-1-3-8(9)11/h1-4,7,9H,5-6H2,(H,14,16)/t9-/m1/s1. The summed E-state index contributed by atoms with van der Waals surface area (Å²) in [6.45, 7) is 0.608. The molecule has 6 heteroatoms. The number of carbonyl (C=O) groups is 1. The topological polar surface area (TPSA) is 64.1 Å². The summed E-state index contributed by atoms with van der Waals surface area (Å²) in [5.74, 6) is 0.649. The quantitative estimate of drug-likeness (QED) is 0.895. The van der Waals surface area contributed by atoms with Crippen molar-refractivity contribution in [2.24, 2.45) is 0 Å². The molecule has 0 fully saturated rings. The first-order chi connectivity index (χ1) is 8.84. The summed E-state index contributed by atoms with van der Waals surface area (Å²) < 4.78 is 13.3. The number of aromatic nitrogens is 2. The largest absolute Gasteiger partial charge is 0.493 e. The van der Waals surface area contributed by atoms with E-state index in [2.05, 4.69) is 14.1 Å². The summed E-state index contributed by atoms with van der Waals surface area (Å²) in [5.41, 5.74) is 1.38. The van der Waals surface area contributed by atoms with Crippen molar-refractivity contribution in [1.29, 1.82) is 0 Å². The van der Waals surface area contributed by atoms with Crippen molar-refractivity contribution in [3.63, 3.8) is 0 Å². The van der Waals surface area contributed by atoms with Crippen molar-refractivity contribution in [3.8, 4) is 5.75 Å². The Morgan fingerprint density at radius 1 is 1.44 bits per heavy atom. The van der Waals surface area contributed by atoms with Gasteiger partial charge in [0.15, 0.2) is 5.69 Å². The first-order valence-electron chi connectivity index (χ1n) is 5.65. The van der Waals surface area contributed by atoms with Crippen LogP contribution in [0, 0.1) is 0 Å². The number of ether oxygens (including phenoxy) is 1. The Morgan fingerprint density at radius 2 is 2.33 bits per heavy atom. The Kier molecular flexibility index (Phi) is 2.93. The lowest BCUT2D eigenvalue weighted by Crippen LogP contribution is -2.32. The zero-order valence-corrected chi connectivity index (χ0v) is 10.3. The van der Waals surface area contributed by atoms with Gasteiger partial charge in [0.2, 0.25) is 0 Å². The minimum atomic E-state index is -0.189. The van der Waals surface area contributed by atoms with Gasteiger partial charge >= 0.3 is 0 Å². The number of fused-ring (bicyclic) bond motifs is 1. The van der Waals surface area contributed by atoms with Crippen LogP contribution < -0.4 is 10.1 Å². The summed E-state index contributed by atoms with van der Waals surface area (Å²) in [5, 5.41) is 2.96. The van der Waals surface area contributed by atoms with Gasteiger partial charge in [-0.2, -0.15) is 8.75 Å². The third-order valence-corrected chi connectivity index (χ3v) is 3.34. The molecule has 1 aliphatic heterocycles. The van der Waals surface area contributed by atoms with Crippen molar-refractivity contribution in [1.82, 2.24) is 14.1 Å². The maximum Gasteiger partial charge on any atom is 0.273 e. The van der Waals surface area contributed by atoms with Crippen LogP contribution >= 0.6 is 11.7 Å². The molecule has 1 aromatic heterocycles. The Hall–Kier alpha value is -1.95. The van der Waals surface area contributed by atoms with Crippen LogP contribution in [0.15, 0.2) is 30.5 Å². The second kappa shape index (κ2) is 4.73. The number of rotatable bonds is 2. The Morgan fingerprint density at radius 3 is 3.17 bits per heavy atom. The summed E-state index contributed by atoms with van der Waals surface area (Å²) in [6.07, 6.45) is 2.24. The Bertz CT molecular complexity index is 556. The fourth-order valence-corrected chi connectivity index (χ4v) is 2.40. The number of nitrogens with zero attached hydrogens (tertiary/aromatic N) is 2. The molecule has 18 heavy (non-hydrogen) atoms. The fourth-order valence-electron chi connectivity index (χ4n) is 1.99. The molecule has 2 aromatic rings. The van der Waals surface area contributed by atoms with Gasteiger partial charge in [0.25, 0.3) is 5.91 Å². The molecular weight excluding hydrogens is 250 g/mol. The minimum Gasteiger partial charge on any atom is -0.493 e. The summed E-state index contributed by atoms with van der Waals surface area (Å²) in [7, 11) is 0. The van der Waals surface area contributed by atoms with E-state index in [-0.39, 0.29) is 11.9 Å². The number of carbonyl (C=O) groups excluding carboxylic acids is 1. The van der Waals surface area contributed by atoms with Crippen molar-refractivity contribution < 1.29 is 9.53 Å². The molecule has 5 nitrogen and oxygen atoms in total. The van der Waals surface area contributed by atoms with Gasteiger partial charge in [0.05, 0.1) is 30.6 Å². The summed E-state index contributed by atoms with van der Waals surface area (Å²) >= 11 is 1.03. The molecule has 0 saturated heterocycles. The molecule has 1 atom stereocenters. The highest BCUT2D eigenvalue weighted by atomic mass is 32.1. The van der Waals surface area contributed by atoms with Crippen LogP contribution in [0.1, 0.15) is 28.5 Å². The first-order valence-corrected chi connectivity index (χ1v) is 6.38. The molecule has 1 aromatic carbocycles. The third kappa shape index (κ3) is 2.06. The zero-order valence-electron chi connectivity index (χ0n) is 9.50. The van der Waals surface area contributed by atoms with Gasteiger partial charge in [0, 0.05) is 12.0 Å². The van der Waals surface area contributed by atoms with Crippen molar-refractivity contribution in [3.05, 3.63) is 41.7 Å². The second-order valence-electron chi connectivity index (χ2n) is 3.99. The number of hydrogen-bond acceptors (Lipinski definition) is 5. The van der Waals surface area contributed by atoms with Gasteiger partial charge in [-0.3, -0.25) is 4.79 Å². The van der Waals surface area contributed by atoms with E-state index in [1.165, 1.54) is 6.20 Å². The molecule has 1 N–H and O–H groups in total. The second-order valence-corrected chi connectivity index (χ2v) is 4.55. The summed E-state index contributed by atoms with van der Waals surface area (Å²) in [6, 6.07) is 7.73. The van der Waals surface area contributed by atoms with Gasteiger partial charge in [-0.05, 0) is 6.07 Å². The van der Waals surface area contributed by atoms with Crippen LogP contribution in [-0.4, -0.2) is 21.3 Å². The van der Waals surface area contributed by atoms with E-state index < -0.39 is 0 Å². The molecule has 0 bridgehead atoms. The molecule has 0 aliphatic carbocycles. The third-order valence-electron chi connectivity index (χ3n) is 2.86. The summed E-state index contributed by atoms with van der Waals surface area (Å²) in [4.78, 5) is 11.9. The van der Waals surface area contributed by atoms with Crippen molar-refractivity contribution in [2.45, 2.75) is 12.5 Å². The Labute approximate surface area is 108 Å². The van der Waals surface area contributed by atoms with Gasteiger partial charge < -0.3 is 10.1 Å². The highest BCUT2D eigenvalue weighted by Gasteiger charge is 2.23. The lowest BCUT2D eigenvalue weighted by molar-refractivity contribution is 0.0920. The number of para-hydroxylation sites is 1. The molecule has 0 unspecified atom stereocenters. The lowest BCUT2D eigenvalue weighted by atomic mass is 10.0. The van der Waals surface area contributed by atoms with E-state index in [4.69, 9.17) is 4.74 Å². The molecule has 0 saturated carbocycles. The molecule has 0 spiro atoms. The molecule has 1 aliphatic rings. The van der Waals surface area contributed by atoms with E-state index in [0.29, 0.717) is 12.3 Å². The van der Waals surface area contributed by atoms with Crippen LogP contribution in [0.2, 0.25) is 0 Å². The van der Waals surface area contributed by atoms with Gasteiger partial charge in [-0.15, -0.1) is 0 Å². The van der Waals surface area contributed by atoms with Crippen LogP contribution in [0.5, 0.6) is 5.75 Å². The predicted molar refractivity (Wildman–Crippen MR) is 66.7 cm³/mol. The SMILES string of the molecule is O=C(N[C@@H]1CCOc2ccccc21)c1cnsn1. The molecular formula is C12H11N3O2S. The van der Waals surface area contributed by atoms with E-state index in [9.17, 15) is 4.79 Å². The van der Waals surface area contributed by atoms with Crippen molar-refractivity contribution >= 4 is 17.6 Å². The van der Waals surface area contributed by atoms with E-state index in [0.717, 1.165) is 29.5 Å². The number of benzene rings is 1. The van der Waals surface area contributed by atoms with Gasteiger partial charge in [0.1, 0.15) is 5.75 Å². The Balaban J connectivity index is 1.80. The highest BCUT2D eigenvalue weighted by Crippen LogP contribution is 2.31. The van der Waals surface area contributed by atoms with Gasteiger partial charge in [-0.1, -0.05) is 18.2 Å². The number of amides is 1. The maximum atomic E-state index is 11.9. The fraction of sp³-hybridized carbons (Fsp3) is 0.250. The predicted octanol–water partition coefficient (Wildman–Crippen LogP) is 1.79. The first kappa shape index (κ1) is 11.2. The monoisotopic (exact) mass is 261 g/mol. The smallest absolute Gasteiger partial charge is 0.273 e. The molecule has 3 rings (SSSR count). The van der Waals surface area contributed by atoms with Crippen LogP contribution in [0.4, 0.5) is 0 Å². The average Bonchev–Trinajstić information content (AvgIpc) is 2.93. The number of hydrogen-bond donors (Lipinski definition) is 1. The average molecular weight is 261 g/mol. The molecule has 0 radical (unpaired) electrons. The van der Waals surface area contributed by atoms with E-state index in [1.807, 2.05) is 24.3 Å². The highest BCUT2D eigenvalue weighted by molar-refractivity contribution is 6.99.